The van der Waals surface area contributed by atoms with Gasteiger partial charge in [0.1, 0.15) is 0 Å². The normalized spacial score (nSPS) is 24.1. The molecule has 4 nitrogen and oxygen atoms in total. The predicted molar refractivity (Wildman–Crippen MR) is 67.5 cm³/mol. The molecule has 0 bridgehead atoms. The molecule has 1 aromatic rings. The van der Waals surface area contributed by atoms with Crippen LogP contribution >= 0.6 is 0 Å². The number of rotatable bonds is 1. The maximum absolute atomic E-state index is 13.8. The highest BCUT2D eigenvalue weighted by Crippen LogP contribution is 2.23. The SMILES string of the molecule is CC1CC(C)CN(C(=O)c2ccnc(N)c2F)C1. The van der Waals surface area contributed by atoms with E-state index in [-0.39, 0.29) is 17.3 Å². The fourth-order valence-corrected chi connectivity index (χ4v) is 2.62. The van der Waals surface area contributed by atoms with Crippen molar-refractivity contribution in [3.63, 3.8) is 0 Å². The van der Waals surface area contributed by atoms with Crippen molar-refractivity contribution < 1.29 is 9.18 Å². The van der Waals surface area contributed by atoms with Crippen molar-refractivity contribution in [2.24, 2.45) is 11.8 Å². The molecular formula is C13H18FN3O. The van der Waals surface area contributed by atoms with Gasteiger partial charge in [0.2, 0.25) is 0 Å². The van der Waals surface area contributed by atoms with Gasteiger partial charge in [-0.2, -0.15) is 0 Å². The number of carbonyl (C=O) groups is 1. The van der Waals surface area contributed by atoms with E-state index in [1.807, 2.05) is 0 Å². The highest BCUT2D eigenvalue weighted by atomic mass is 19.1. The Kier molecular flexibility index (Phi) is 3.50. The number of anilines is 1. The lowest BCUT2D eigenvalue weighted by atomic mass is 9.91. The average molecular weight is 251 g/mol. The lowest BCUT2D eigenvalue weighted by Crippen LogP contribution is -2.42. The molecule has 0 aromatic carbocycles. The Morgan fingerprint density at radius 2 is 2.06 bits per heavy atom. The lowest BCUT2D eigenvalue weighted by Gasteiger charge is -2.35. The molecule has 2 rings (SSSR count). The van der Waals surface area contributed by atoms with Crippen molar-refractivity contribution in [1.29, 1.82) is 0 Å². The number of hydrogen-bond acceptors (Lipinski definition) is 3. The third-order valence-corrected chi connectivity index (χ3v) is 3.30. The minimum absolute atomic E-state index is 0.0174. The summed E-state index contributed by atoms with van der Waals surface area (Å²) < 4.78 is 13.8. The van der Waals surface area contributed by atoms with Crippen molar-refractivity contribution in [2.75, 3.05) is 18.8 Å². The van der Waals surface area contributed by atoms with Gasteiger partial charge in [-0.05, 0) is 24.3 Å². The number of nitrogen functional groups attached to an aromatic ring is 1. The summed E-state index contributed by atoms with van der Waals surface area (Å²) in [5, 5.41) is 0. The summed E-state index contributed by atoms with van der Waals surface area (Å²) in [6, 6.07) is 1.39. The topological polar surface area (TPSA) is 59.2 Å². The highest BCUT2D eigenvalue weighted by molar-refractivity contribution is 5.95. The Bertz CT molecular complexity index is 454. The number of nitrogens with zero attached hydrogens (tertiary/aromatic N) is 2. The molecule has 1 aliphatic rings. The van der Waals surface area contributed by atoms with Gasteiger partial charge in [-0.1, -0.05) is 13.8 Å². The summed E-state index contributed by atoms with van der Waals surface area (Å²) in [5.41, 5.74) is 5.40. The van der Waals surface area contributed by atoms with Gasteiger partial charge >= 0.3 is 0 Å². The van der Waals surface area contributed by atoms with Gasteiger partial charge in [0, 0.05) is 19.3 Å². The second-order valence-electron chi connectivity index (χ2n) is 5.21. The highest BCUT2D eigenvalue weighted by Gasteiger charge is 2.28. The first-order valence-electron chi connectivity index (χ1n) is 6.18. The molecule has 1 fully saturated rings. The van der Waals surface area contributed by atoms with Gasteiger partial charge in [-0.3, -0.25) is 4.79 Å². The number of nitrogens with two attached hydrogens (primary N) is 1. The number of pyridine rings is 1. The summed E-state index contributed by atoms with van der Waals surface area (Å²) in [4.78, 5) is 17.6. The van der Waals surface area contributed by atoms with Crippen molar-refractivity contribution >= 4 is 11.7 Å². The van der Waals surface area contributed by atoms with E-state index in [1.54, 1.807) is 4.90 Å². The first kappa shape index (κ1) is 12.8. The van der Waals surface area contributed by atoms with E-state index in [2.05, 4.69) is 18.8 Å². The van der Waals surface area contributed by atoms with Crippen LogP contribution in [-0.4, -0.2) is 28.9 Å². The van der Waals surface area contributed by atoms with E-state index < -0.39 is 5.82 Å². The maximum Gasteiger partial charge on any atom is 0.257 e. The molecule has 1 aromatic heterocycles. The molecule has 0 aliphatic carbocycles. The summed E-state index contributed by atoms with van der Waals surface area (Å²) in [5.74, 6) is -0.341. The van der Waals surface area contributed by atoms with Crippen LogP contribution < -0.4 is 5.73 Å². The summed E-state index contributed by atoms with van der Waals surface area (Å²) in [6.07, 6.45) is 2.47. The van der Waals surface area contributed by atoms with Crippen LogP contribution in [0, 0.1) is 17.7 Å². The van der Waals surface area contributed by atoms with Crippen LogP contribution in [-0.2, 0) is 0 Å². The fourth-order valence-electron chi connectivity index (χ4n) is 2.62. The smallest absolute Gasteiger partial charge is 0.257 e. The molecule has 1 aliphatic heterocycles. The number of halogens is 1. The number of piperidine rings is 1. The fraction of sp³-hybridized carbons (Fsp3) is 0.538. The zero-order valence-corrected chi connectivity index (χ0v) is 10.7. The standard InChI is InChI=1S/C13H18FN3O/c1-8-5-9(2)7-17(6-8)13(18)10-3-4-16-12(15)11(10)14/h3-4,8-9H,5-7H2,1-2H3,(H2,15,16). The van der Waals surface area contributed by atoms with Gasteiger partial charge in [0.15, 0.2) is 11.6 Å². The minimum atomic E-state index is -0.714. The Balaban J connectivity index is 2.23. The summed E-state index contributed by atoms with van der Waals surface area (Å²) in [6.45, 7) is 5.55. The zero-order chi connectivity index (χ0) is 13.3. The first-order valence-corrected chi connectivity index (χ1v) is 6.18. The van der Waals surface area contributed by atoms with Gasteiger partial charge in [0.05, 0.1) is 5.56 Å². The van der Waals surface area contributed by atoms with Crippen molar-refractivity contribution in [3.05, 3.63) is 23.6 Å². The van der Waals surface area contributed by atoms with E-state index in [0.29, 0.717) is 24.9 Å². The van der Waals surface area contributed by atoms with E-state index in [0.717, 1.165) is 6.42 Å². The first-order chi connectivity index (χ1) is 8.49. The van der Waals surface area contributed by atoms with E-state index in [1.165, 1.54) is 12.3 Å². The molecule has 1 saturated heterocycles. The molecule has 5 heteroatoms. The third-order valence-electron chi connectivity index (χ3n) is 3.30. The molecule has 0 spiro atoms. The lowest BCUT2D eigenvalue weighted by molar-refractivity contribution is 0.0618. The van der Waals surface area contributed by atoms with Crippen LogP contribution in [0.15, 0.2) is 12.3 Å². The molecule has 2 heterocycles. The Morgan fingerprint density at radius 3 is 2.67 bits per heavy atom. The van der Waals surface area contributed by atoms with Gasteiger partial charge in [0.25, 0.3) is 5.91 Å². The second kappa shape index (κ2) is 4.92. The maximum atomic E-state index is 13.8. The Hall–Kier alpha value is -1.65. The minimum Gasteiger partial charge on any atom is -0.381 e. The molecule has 2 atom stereocenters. The predicted octanol–water partition coefficient (Wildman–Crippen LogP) is 1.92. The summed E-state index contributed by atoms with van der Waals surface area (Å²) in [7, 11) is 0. The van der Waals surface area contributed by atoms with E-state index >= 15 is 0 Å². The third kappa shape index (κ3) is 2.44. The quantitative estimate of drug-likeness (QED) is 0.829. The molecular weight excluding hydrogens is 233 g/mol. The van der Waals surface area contributed by atoms with Gasteiger partial charge < -0.3 is 10.6 Å². The van der Waals surface area contributed by atoms with Gasteiger partial charge in [-0.15, -0.1) is 0 Å². The largest absolute Gasteiger partial charge is 0.381 e. The van der Waals surface area contributed by atoms with E-state index in [4.69, 9.17) is 5.73 Å². The van der Waals surface area contributed by atoms with Crippen LogP contribution in [0.3, 0.4) is 0 Å². The number of carbonyl (C=O) groups excluding carboxylic acids is 1. The van der Waals surface area contributed by atoms with Crippen molar-refractivity contribution in [1.82, 2.24) is 9.88 Å². The van der Waals surface area contributed by atoms with Gasteiger partial charge in [-0.25, -0.2) is 9.37 Å². The molecule has 2 unspecified atom stereocenters. The molecule has 98 valence electrons. The Labute approximate surface area is 106 Å². The molecule has 0 radical (unpaired) electrons. The van der Waals surface area contributed by atoms with E-state index in [9.17, 15) is 9.18 Å². The van der Waals surface area contributed by atoms with Crippen molar-refractivity contribution in [2.45, 2.75) is 20.3 Å². The number of hydrogen-bond donors (Lipinski definition) is 1. The van der Waals surface area contributed by atoms with Crippen LogP contribution in [0.4, 0.5) is 10.2 Å². The monoisotopic (exact) mass is 251 g/mol. The molecule has 0 saturated carbocycles. The second-order valence-corrected chi connectivity index (χ2v) is 5.21. The Morgan fingerprint density at radius 1 is 1.44 bits per heavy atom. The number of amides is 1. The van der Waals surface area contributed by atoms with Crippen LogP contribution in [0.1, 0.15) is 30.6 Å². The summed E-state index contributed by atoms with van der Waals surface area (Å²) >= 11 is 0. The number of aromatic nitrogens is 1. The van der Waals surface area contributed by atoms with Crippen LogP contribution in [0.2, 0.25) is 0 Å². The molecule has 18 heavy (non-hydrogen) atoms. The average Bonchev–Trinajstić information content (AvgIpc) is 2.30. The zero-order valence-electron chi connectivity index (χ0n) is 10.7. The van der Waals surface area contributed by atoms with Crippen molar-refractivity contribution in [3.8, 4) is 0 Å². The molecule has 2 N–H and O–H groups in total. The van der Waals surface area contributed by atoms with Crippen LogP contribution in [0.25, 0.3) is 0 Å². The molecule has 1 amide bonds. The number of likely N-dealkylation sites (tertiary alicyclic amines) is 1. The van der Waals surface area contributed by atoms with Crippen LogP contribution in [0.5, 0.6) is 0 Å².